The van der Waals surface area contributed by atoms with Gasteiger partial charge in [0.15, 0.2) is 17.3 Å². The smallest absolute Gasteiger partial charge is 0.415 e. The molecule has 0 spiro atoms. The molecule has 6 N–H and O–H groups in total. The topological polar surface area (TPSA) is 286 Å². The standard InChI is InChI=1S/C57H65N15O9/c1-5-59-54(77)52-66-65-51(43-30-42(35(2)3)44(73)31-45(43)74)72(52)39-11-7-37(8-12-39)34-68-22-24-69(25-23-68)47(75)29-36-9-13-40(14-10-36)81-57(78)70-26-20-67(21-27-70)18-6-28-80-46-16-15-41-48(49(46)79-4)63-56(71-19-17-60-50(41)71)64-53(76)38-32-61-55(58)62-33-38/h7-16,30-33,35,60,73-74H,5-6,17-29,34H2,1-4H3,(H,59,77)(H2,58,61,62). The molecule has 2 fully saturated rings. The van der Waals surface area contributed by atoms with Crippen molar-refractivity contribution >= 4 is 46.5 Å². The quantitative estimate of drug-likeness (QED) is 0.0780. The zero-order valence-corrected chi connectivity index (χ0v) is 45.7. The van der Waals surface area contributed by atoms with Crippen molar-refractivity contribution in [1.29, 1.82) is 0 Å². The predicted octanol–water partition coefficient (Wildman–Crippen LogP) is 4.59. The van der Waals surface area contributed by atoms with Crippen LogP contribution in [0.4, 0.5) is 16.6 Å². The largest absolute Gasteiger partial charge is 0.508 e. The molecule has 3 aliphatic heterocycles. The minimum absolute atomic E-state index is 0.0237. The van der Waals surface area contributed by atoms with Gasteiger partial charge in [-0.15, -0.1) is 10.2 Å². The van der Waals surface area contributed by atoms with Gasteiger partial charge in [0.25, 0.3) is 11.8 Å². The monoisotopic (exact) mass is 1100 g/mol. The fourth-order valence-corrected chi connectivity index (χ4v) is 10.2. The Balaban J connectivity index is 0.658. The number of benzene rings is 4. The van der Waals surface area contributed by atoms with Crippen LogP contribution in [0.15, 0.2) is 90.2 Å². The average molecular weight is 1100 g/mol. The maximum atomic E-state index is 13.4. The number of anilines is 2. The lowest BCUT2D eigenvalue weighted by molar-refractivity contribution is -0.132. The third kappa shape index (κ3) is 12.4. The van der Waals surface area contributed by atoms with Crippen LogP contribution in [-0.4, -0.2) is 174 Å². The number of phenols is 2. The molecule has 0 bridgehead atoms. The number of ether oxygens (including phenoxy) is 3. The Labute approximate surface area is 466 Å². The van der Waals surface area contributed by atoms with E-state index in [4.69, 9.17) is 24.9 Å². The summed E-state index contributed by atoms with van der Waals surface area (Å²) in [6.45, 7) is 14.0. The summed E-state index contributed by atoms with van der Waals surface area (Å²) >= 11 is 0. The Bertz CT molecular complexity index is 3520. The zero-order chi connectivity index (χ0) is 56.7. The fraction of sp³-hybridized carbons (Fsp3) is 0.368. The highest BCUT2D eigenvalue weighted by atomic mass is 16.6. The van der Waals surface area contributed by atoms with E-state index in [1.807, 2.05) is 78.8 Å². The van der Waals surface area contributed by atoms with Crippen LogP contribution in [0.2, 0.25) is 0 Å². The molecule has 3 aliphatic rings. The number of rotatable bonds is 17. The molecule has 7 aromatic rings. The van der Waals surface area contributed by atoms with Crippen molar-refractivity contribution < 1.29 is 43.6 Å². The number of hydrogen-bond acceptors (Lipinski definition) is 18. The van der Waals surface area contributed by atoms with Gasteiger partial charge in [-0.3, -0.25) is 33.3 Å². The highest BCUT2D eigenvalue weighted by Gasteiger charge is 2.28. The molecule has 2 saturated heterocycles. The van der Waals surface area contributed by atoms with Crippen molar-refractivity contribution in [3.05, 3.63) is 119 Å². The molecule has 24 heteroatoms. The van der Waals surface area contributed by atoms with Crippen LogP contribution < -0.4 is 36.2 Å². The average Bonchev–Trinajstić information content (AvgIpc) is 4.33. The first-order valence-electron chi connectivity index (χ1n) is 27.1. The molecule has 0 unspecified atom stereocenters. The summed E-state index contributed by atoms with van der Waals surface area (Å²) in [5.41, 5.74) is 9.94. The number of nitrogens with zero attached hydrogens (tertiary/aromatic N) is 12. The van der Waals surface area contributed by atoms with Gasteiger partial charge in [-0.25, -0.2) is 19.7 Å². The second-order valence-corrected chi connectivity index (χ2v) is 20.2. The Hall–Kier alpha value is -9.16. The summed E-state index contributed by atoms with van der Waals surface area (Å²) in [7, 11) is 1.55. The maximum Gasteiger partial charge on any atom is 0.415 e. The molecule has 4 amide bonds. The third-order valence-electron chi connectivity index (χ3n) is 14.6. The van der Waals surface area contributed by atoms with Crippen molar-refractivity contribution in [3.8, 4) is 45.8 Å². The molecule has 3 aromatic heterocycles. The van der Waals surface area contributed by atoms with Gasteiger partial charge < -0.3 is 50.6 Å². The molecule has 81 heavy (non-hydrogen) atoms. The molecular weight excluding hydrogens is 1040 g/mol. The number of fused-ring (bicyclic) bond motifs is 3. The first kappa shape index (κ1) is 55.2. The number of phenolic OH excluding ortho intramolecular Hbond substituents is 2. The van der Waals surface area contributed by atoms with E-state index in [-0.39, 0.29) is 58.5 Å². The number of nitrogens with one attached hydrogen (secondary N) is 2. The van der Waals surface area contributed by atoms with Gasteiger partial charge in [-0.05, 0) is 78.4 Å². The van der Waals surface area contributed by atoms with Gasteiger partial charge in [0.05, 0.1) is 31.3 Å². The maximum absolute atomic E-state index is 13.4. The minimum atomic E-state index is -0.552. The number of methoxy groups -OCH3 is 1. The van der Waals surface area contributed by atoms with Gasteiger partial charge in [0, 0.05) is 115 Å². The number of nitrogen functional groups attached to an aromatic ring is 1. The van der Waals surface area contributed by atoms with Crippen LogP contribution >= 0.6 is 0 Å². The normalized spacial score (nSPS) is 15.0. The van der Waals surface area contributed by atoms with Gasteiger partial charge >= 0.3 is 6.09 Å². The summed E-state index contributed by atoms with van der Waals surface area (Å²) < 4.78 is 21.3. The minimum Gasteiger partial charge on any atom is -0.508 e. The lowest BCUT2D eigenvalue weighted by Gasteiger charge is -2.35. The predicted molar refractivity (Wildman–Crippen MR) is 299 cm³/mol. The van der Waals surface area contributed by atoms with Gasteiger partial charge in [-0.1, -0.05) is 38.1 Å². The van der Waals surface area contributed by atoms with Crippen LogP contribution in [-0.2, 0) is 24.3 Å². The molecule has 0 atom stereocenters. The van der Waals surface area contributed by atoms with Crippen LogP contribution in [0.1, 0.15) is 70.8 Å². The second-order valence-electron chi connectivity index (χ2n) is 20.2. The molecular formula is C57H65N15O9. The highest BCUT2D eigenvalue weighted by molar-refractivity contribution is 5.97. The Morgan fingerprint density at radius 1 is 0.827 bits per heavy atom. The lowest BCUT2D eigenvalue weighted by Crippen LogP contribution is -2.49. The number of aromatic hydroxyl groups is 2. The number of carbonyl (C=O) groups excluding carboxylic acids is 4. The van der Waals surface area contributed by atoms with Gasteiger partial charge in [0.1, 0.15) is 28.6 Å². The summed E-state index contributed by atoms with van der Waals surface area (Å²) in [5, 5.41) is 36.9. The number of hydrogen-bond donors (Lipinski definition) is 5. The van der Waals surface area contributed by atoms with E-state index >= 15 is 0 Å². The van der Waals surface area contributed by atoms with Crippen LogP contribution in [0.3, 0.4) is 0 Å². The Morgan fingerprint density at radius 2 is 1.53 bits per heavy atom. The molecule has 422 valence electrons. The van der Waals surface area contributed by atoms with E-state index in [0.717, 1.165) is 35.3 Å². The molecule has 24 nitrogen and oxygen atoms in total. The van der Waals surface area contributed by atoms with E-state index in [0.29, 0.717) is 125 Å². The van der Waals surface area contributed by atoms with Crippen LogP contribution in [0, 0.1) is 0 Å². The second kappa shape index (κ2) is 24.5. The van der Waals surface area contributed by atoms with Crippen LogP contribution in [0.25, 0.3) is 28.0 Å². The molecule has 6 heterocycles. The number of nitrogens with two attached hydrogens (primary N) is 1. The van der Waals surface area contributed by atoms with Crippen molar-refractivity contribution in [3.63, 3.8) is 0 Å². The number of piperazine rings is 2. The van der Waals surface area contributed by atoms with E-state index in [9.17, 15) is 29.4 Å². The number of carbonyl (C=O) groups is 4. The Morgan fingerprint density at radius 3 is 2.23 bits per heavy atom. The van der Waals surface area contributed by atoms with Gasteiger partial charge in [0.2, 0.25) is 23.3 Å². The summed E-state index contributed by atoms with van der Waals surface area (Å²) in [5.74, 6) is 1.31. The van der Waals surface area contributed by atoms with E-state index in [1.54, 1.807) is 34.8 Å². The van der Waals surface area contributed by atoms with Crippen molar-refractivity contribution in [2.75, 3.05) is 96.8 Å². The van der Waals surface area contributed by atoms with Crippen molar-refractivity contribution in [2.45, 2.75) is 52.6 Å². The summed E-state index contributed by atoms with van der Waals surface area (Å²) in [6.07, 6.45) is 3.18. The fourth-order valence-electron chi connectivity index (χ4n) is 10.2. The first-order chi connectivity index (χ1) is 39.2. The van der Waals surface area contributed by atoms with Crippen molar-refractivity contribution in [1.82, 2.24) is 59.2 Å². The first-order valence-corrected chi connectivity index (χ1v) is 27.1. The molecule has 4 aromatic carbocycles. The van der Waals surface area contributed by atoms with Gasteiger partial charge in [-0.2, -0.15) is 4.99 Å². The SMILES string of the molecule is CCNC(=O)c1nnc(-c2cc(C(C)C)c(O)cc2O)n1-c1ccc(CN2CCN(C(=O)Cc3ccc(OC(=O)N4CCN(CCCOc5ccc6c7n(c(=NC(=O)c8cnc(N)nc8)nc6c5OC)CCN7)CC4)cc3)CC2)cc1. The van der Waals surface area contributed by atoms with E-state index in [1.165, 1.54) is 18.5 Å². The molecule has 0 saturated carbocycles. The molecule has 0 aliphatic carbocycles. The summed E-state index contributed by atoms with van der Waals surface area (Å²) in [4.78, 5) is 77.8. The molecule has 10 rings (SSSR count). The highest BCUT2D eigenvalue weighted by Crippen LogP contribution is 2.39. The number of amides is 4. The van der Waals surface area contributed by atoms with Crippen LogP contribution in [0.5, 0.6) is 28.7 Å². The third-order valence-corrected chi connectivity index (χ3v) is 14.6. The Kier molecular flexibility index (Phi) is 16.7. The zero-order valence-electron chi connectivity index (χ0n) is 45.7. The van der Waals surface area contributed by atoms with E-state index < -0.39 is 17.9 Å². The summed E-state index contributed by atoms with van der Waals surface area (Å²) in [6, 6.07) is 21.5. The lowest BCUT2D eigenvalue weighted by atomic mass is 9.98. The number of aromatic nitrogens is 7. The van der Waals surface area contributed by atoms with E-state index in [2.05, 4.69) is 45.6 Å². The van der Waals surface area contributed by atoms with Crippen molar-refractivity contribution in [2.24, 2.45) is 4.99 Å². The molecule has 0 radical (unpaired) electrons.